The Labute approximate surface area is 159 Å². The minimum Gasteiger partial charge on any atom is -0.361 e. The number of hydrogen-bond donors (Lipinski definition) is 1. The fourth-order valence-corrected chi connectivity index (χ4v) is 4.11. The third-order valence-electron chi connectivity index (χ3n) is 5.19. The summed E-state index contributed by atoms with van der Waals surface area (Å²) >= 11 is 0. The molecule has 0 radical (unpaired) electrons. The fraction of sp³-hybridized carbons (Fsp3) is 0.400. The van der Waals surface area contributed by atoms with E-state index >= 15 is 0 Å². The van der Waals surface area contributed by atoms with E-state index in [0.717, 1.165) is 42.5 Å². The molecule has 1 N–H and O–H groups in total. The number of nitrogens with zero attached hydrogens (tertiary/aromatic N) is 3. The van der Waals surface area contributed by atoms with E-state index in [0.29, 0.717) is 12.5 Å². The summed E-state index contributed by atoms with van der Waals surface area (Å²) in [4.78, 5) is 14.0. The molecule has 1 aromatic carbocycles. The Morgan fingerprint density at radius 3 is 2.85 bits per heavy atom. The number of H-pyrrole nitrogens is 1. The molecule has 0 amide bonds. The molecule has 0 fully saturated rings. The van der Waals surface area contributed by atoms with Gasteiger partial charge >= 0.3 is 0 Å². The topological polar surface area (TPSA) is 79.0 Å². The van der Waals surface area contributed by atoms with E-state index in [4.69, 9.17) is 0 Å². The maximum atomic E-state index is 11.7. The van der Waals surface area contributed by atoms with Crippen molar-refractivity contribution in [2.24, 2.45) is 0 Å². The molecule has 1 aliphatic heterocycles. The van der Waals surface area contributed by atoms with Crippen molar-refractivity contribution >= 4 is 20.7 Å². The van der Waals surface area contributed by atoms with E-state index in [1.54, 1.807) is 6.20 Å². The van der Waals surface area contributed by atoms with E-state index in [1.807, 2.05) is 0 Å². The standard InChI is InChI=1S/C20H24N4O2S/c1-13(2)14-4-5-17-16(10-21-18(17)8-14)11-24-7-6-15-9-22-20(27(3,25)26)23-19(15)12-24/h4-5,8-10,13,21H,6-7,11-12H2,1-3H3. The number of sulfone groups is 1. The van der Waals surface area contributed by atoms with Crippen LogP contribution < -0.4 is 0 Å². The van der Waals surface area contributed by atoms with Crippen molar-refractivity contribution in [1.29, 1.82) is 0 Å². The first kappa shape index (κ1) is 18.1. The third kappa shape index (κ3) is 3.61. The van der Waals surface area contributed by atoms with E-state index in [2.05, 4.69) is 58.1 Å². The molecule has 0 aliphatic carbocycles. The van der Waals surface area contributed by atoms with Crippen molar-refractivity contribution in [3.8, 4) is 0 Å². The normalized spacial score (nSPS) is 15.4. The first-order chi connectivity index (χ1) is 12.8. The van der Waals surface area contributed by atoms with Crippen molar-refractivity contribution in [2.75, 3.05) is 12.8 Å². The van der Waals surface area contributed by atoms with Gasteiger partial charge in [0, 0.05) is 49.2 Å². The molecule has 0 unspecified atom stereocenters. The quantitative estimate of drug-likeness (QED) is 0.700. The lowest BCUT2D eigenvalue weighted by Crippen LogP contribution is -2.31. The Balaban J connectivity index is 1.57. The Kier molecular flexibility index (Phi) is 4.52. The van der Waals surface area contributed by atoms with Crippen LogP contribution in [0.1, 0.15) is 42.1 Å². The maximum absolute atomic E-state index is 11.7. The lowest BCUT2D eigenvalue weighted by atomic mass is 10.0. The van der Waals surface area contributed by atoms with Crippen LogP contribution in [0.5, 0.6) is 0 Å². The zero-order chi connectivity index (χ0) is 19.2. The summed E-state index contributed by atoms with van der Waals surface area (Å²) in [6, 6.07) is 6.61. The highest BCUT2D eigenvalue weighted by atomic mass is 32.2. The predicted octanol–water partition coefficient (Wildman–Crippen LogP) is 3.04. The monoisotopic (exact) mass is 384 g/mol. The van der Waals surface area contributed by atoms with Gasteiger partial charge in [-0.25, -0.2) is 18.4 Å². The number of aromatic amines is 1. The zero-order valence-electron chi connectivity index (χ0n) is 15.9. The Bertz CT molecular complexity index is 1100. The van der Waals surface area contributed by atoms with Gasteiger partial charge in [-0.15, -0.1) is 0 Å². The van der Waals surface area contributed by atoms with E-state index < -0.39 is 9.84 Å². The van der Waals surface area contributed by atoms with Gasteiger partial charge in [0.25, 0.3) is 0 Å². The lowest BCUT2D eigenvalue weighted by Gasteiger charge is -2.27. The highest BCUT2D eigenvalue weighted by Crippen LogP contribution is 2.26. The predicted molar refractivity (Wildman–Crippen MR) is 105 cm³/mol. The second-order valence-corrected chi connectivity index (χ2v) is 9.54. The van der Waals surface area contributed by atoms with Crippen molar-refractivity contribution in [3.05, 3.63) is 53.0 Å². The van der Waals surface area contributed by atoms with Gasteiger partial charge in [-0.3, -0.25) is 4.90 Å². The summed E-state index contributed by atoms with van der Waals surface area (Å²) in [5.41, 5.74) is 5.60. The minimum atomic E-state index is -3.39. The van der Waals surface area contributed by atoms with Crippen LogP contribution in [-0.2, 0) is 29.3 Å². The van der Waals surface area contributed by atoms with Crippen LogP contribution >= 0.6 is 0 Å². The molecule has 7 heteroatoms. The van der Waals surface area contributed by atoms with E-state index in [9.17, 15) is 8.42 Å². The molecule has 0 bridgehead atoms. The van der Waals surface area contributed by atoms with Gasteiger partial charge in [0.05, 0.1) is 5.69 Å². The van der Waals surface area contributed by atoms with Gasteiger partial charge in [0.15, 0.2) is 0 Å². The SMILES string of the molecule is CC(C)c1ccc2c(CN3CCc4cnc(S(C)(=O)=O)nc4C3)c[nH]c2c1. The highest BCUT2D eigenvalue weighted by Gasteiger charge is 2.22. The van der Waals surface area contributed by atoms with Crippen molar-refractivity contribution in [1.82, 2.24) is 19.9 Å². The van der Waals surface area contributed by atoms with Gasteiger partial charge in [0.2, 0.25) is 15.0 Å². The number of benzene rings is 1. The molecular formula is C20H24N4O2S. The Morgan fingerprint density at radius 1 is 1.30 bits per heavy atom. The average Bonchev–Trinajstić information content (AvgIpc) is 3.02. The van der Waals surface area contributed by atoms with Gasteiger partial charge < -0.3 is 4.98 Å². The average molecular weight is 385 g/mol. The largest absolute Gasteiger partial charge is 0.361 e. The molecule has 0 saturated carbocycles. The van der Waals surface area contributed by atoms with Crippen LogP contribution in [0.4, 0.5) is 0 Å². The minimum absolute atomic E-state index is 0.0867. The molecule has 1 aliphatic rings. The molecule has 3 aromatic rings. The van der Waals surface area contributed by atoms with Crippen LogP contribution in [0, 0.1) is 0 Å². The molecule has 142 valence electrons. The third-order valence-corrected chi connectivity index (χ3v) is 6.05. The van der Waals surface area contributed by atoms with Crippen LogP contribution in [-0.4, -0.2) is 41.1 Å². The molecule has 3 heterocycles. The van der Waals surface area contributed by atoms with Crippen molar-refractivity contribution < 1.29 is 8.42 Å². The van der Waals surface area contributed by atoms with Crippen LogP contribution in [0.2, 0.25) is 0 Å². The second kappa shape index (κ2) is 6.73. The van der Waals surface area contributed by atoms with Gasteiger partial charge in [0.1, 0.15) is 0 Å². The maximum Gasteiger partial charge on any atom is 0.247 e. The first-order valence-electron chi connectivity index (χ1n) is 9.18. The van der Waals surface area contributed by atoms with Crippen LogP contribution in [0.25, 0.3) is 10.9 Å². The molecular weight excluding hydrogens is 360 g/mol. The summed E-state index contributed by atoms with van der Waals surface area (Å²) in [5, 5.41) is 1.15. The Hall–Kier alpha value is -2.25. The number of nitrogens with one attached hydrogen (secondary N) is 1. The number of aromatic nitrogens is 3. The summed E-state index contributed by atoms with van der Waals surface area (Å²) in [5.74, 6) is 0.503. The highest BCUT2D eigenvalue weighted by molar-refractivity contribution is 7.90. The smallest absolute Gasteiger partial charge is 0.247 e. The molecule has 4 rings (SSSR count). The van der Waals surface area contributed by atoms with Gasteiger partial charge in [-0.2, -0.15) is 0 Å². The van der Waals surface area contributed by atoms with E-state index in [1.165, 1.54) is 16.5 Å². The van der Waals surface area contributed by atoms with Crippen LogP contribution in [0.15, 0.2) is 35.7 Å². The lowest BCUT2D eigenvalue weighted by molar-refractivity contribution is 0.241. The number of hydrogen-bond acceptors (Lipinski definition) is 5. The first-order valence-corrected chi connectivity index (χ1v) is 11.1. The second-order valence-electron chi connectivity index (χ2n) is 7.63. The summed E-state index contributed by atoms with van der Waals surface area (Å²) in [6.45, 7) is 6.74. The summed E-state index contributed by atoms with van der Waals surface area (Å²) < 4.78 is 23.5. The molecule has 0 atom stereocenters. The molecule has 0 spiro atoms. The molecule has 6 nitrogen and oxygen atoms in total. The zero-order valence-corrected chi connectivity index (χ0v) is 16.7. The summed E-state index contributed by atoms with van der Waals surface area (Å²) in [7, 11) is -3.39. The number of rotatable bonds is 4. The van der Waals surface area contributed by atoms with E-state index in [-0.39, 0.29) is 5.16 Å². The van der Waals surface area contributed by atoms with Crippen LogP contribution in [0.3, 0.4) is 0 Å². The number of fused-ring (bicyclic) bond motifs is 2. The Morgan fingerprint density at radius 2 is 2.11 bits per heavy atom. The summed E-state index contributed by atoms with van der Waals surface area (Å²) in [6.07, 6.45) is 5.72. The van der Waals surface area contributed by atoms with Gasteiger partial charge in [-0.1, -0.05) is 26.0 Å². The molecule has 27 heavy (non-hydrogen) atoms. The molecule has 2 aromatic heterocycles. The fourth-order valence-electron chi connectivity index (χ4n) is 3.59. The molecule has 0 saturated heterocycles. The van der Waals surface area contributed by atoms with Gasteiger partial charge in [-0.05, 0) is 35.1 Å². The van der Waals surface area contributed by atoms with Crippen molar-refractivity contribution in [3.63, 3.8) is 0 Å². The van der Waals surface area contributed by atoms with Crippen molar-refractivity contribution in [2.45, 2.75) is 44.4 Å².